The predicted molar refractivity (Wildman–Crippen MR) is 101 cm³/mol. The van der Waals surface area contributed by atoms with Gasteiger partial charge in [0, 0.05) is 24.0 Å². The van der Waals surface area contributed by atoms with Gasteiger partial charge in [0.05, 0.1) is 11.2 Å². The molecule has 0 spiro atoms. The van der Waals surface area contributed by atoms with Crippen LogP contribution in [0.5, 0.6) is 0 Å². The van der Waals surface area contributed by atoms with E-state index in [4.69, 9.17) is 0 Å². The molecule has 0 saturated carbocycles. The van der Waals surface area contributed by atoms with Crippen LogP contribution in [0, 0.1) is 0 Å². The minimum Gasteiger partial charge on any atom is -0.337 e. The zero-order chi connectivity index (χ0) is 17.1. The van der Waals surface area contributed by atoms with Gasteiger partial charge in [0.1, 0.15) is 0 Å². The van der Waals surface area contributed by atoms with Crippen molar-refractivity contribution in [2.24, 2.45) is 0 Å². The maximum atomic E-state index is 12.4. The largest absolute Gasteiger partial charge is 0.337 e. The standard InChI is InChI=1S/C21H21N3O/c25-21(24-19-12-4-8-16-10-5-13-22-20(16)19)23-14-17-9-3-7-15-6-1-2-11-18(15)17/h1-2,4-6,8,10-13,17H,3,7,9,14H2,(H2,23,24,25)/t17-/m0/s1. The molecule has 2 N–H and O–H groups in total. The summed E-state index contributed by atoms with van der Waals surface area (Å²) in [6.07, 6.45) is 5.18. The fourth-order valence-electron chi connectivity index (χ4n) is 3.65. The molecule has 2 aromatic carbocycles. The molecule has 3 aromatic rings. The minimum absolute atomic E-state index is 0.179. The Hall–Kier alpha value is -2.88. The fraction of sp³-hybridized carbons (Fsp3) is 0.238. The number of aromatic nitrogens is 1. The van der Waals surface area contributed by atoms with Crippen molar-refractivity contribution in [3.05, 3.63) is 71.9 Å². The summed E-state index contributed by atoms with van der Waals surface area (Å²) in [6.45, 7) is 0.654. The molecule has 1 heterocycles. The topological polar surface area (TPSA) is 54.0 Å². The van der Waals surface area contributed by atoms with Crippen LogP contribution in [0.3, 0.4) is 0 Å². The van der Waals surface area contributed by atoms with E-state index in [1.165, 1.54) is 17.5 Å². The number of benzene rings is 2. The van der Waals surface area contributed by atoms with Crippen molar-refractivity contribution in [1.82, 2.24) is 10.3 Å². The molecule has 0 unspecified atom stereocenters. The van der Waals surface area contributed by atoms with Crippen molar-refractivity contribution in [3.8, 4) is 0 Å². The number of nitrogens with one attached hydrogen (secondary N) is 2. The number of aryl methyl sites for hydroxylation is 1. The van der Waals surface area contributed by atoms with Gasteiger partial charge in [-0.3, -0.25) is 4.98 Å². The summed E-state index contributed by atoms with van der Waals surface area (Å²) in [5.74, 6) is 0.390. The van der Waals surface area contributed by atoms with Gasteiger partial charge >= 0.3 is 6.03 Å². The van der Waals surface area contributed by atoms with E-state index in [-0.39, 0.29) is 6.03 Å². The smallest absolute Gasteiger partial charge is 0.319 e. The molecule has 4 nitrogen and oxygen atoms in total. The number of urea groups is 1. The highest BCUT2D eigenvalue weighted by molar-refractivity contribution is 5.99. The highest BCUT2D eigenvalue weighted by Gasteiger charge is 2.20. The Kier molecular flexibility index (Phi) is 4.34. The summed E-state index contributed by atoms with van der Waals surface area (Å²) in [6, 6.07) is 18.1. The second kappa shape index (κ2) is 6.93. The molecule has 0 bridgehead atoms. The van der Waals surface area contributed by atoms with Crippen molar-refractivity contribution in [3.63, 3.8) is 0 Å². The van der Waals surface area contributed by atoms with Gasteiger partial charge in [-0.25, -0.2) is 4.79 Å². The Morgan fingerprint density at radius 3 is 2.92 bits per heavy atom. The van der Waals surface area contributed by atoms with Crippen LogP contribution in [0.15, 0.2) is 60.8 Å². The van der Waals surface area contributed by atoms with E-state index in [2.05, 4.69) is 39.9 Å². The number of nitrogens with zero attached hydrogens (tertiary/aromatic N) is 1. The maximum Gasteiger partial charge on any atom is 0.319 e. The second-order valence-corrected chi connectivity index (χ2v) is 6.50. The third-order valence-corrected chi connectivity index (χ3v) is 4.88. The fourth-order valence-corrected chi connectivity index (χ4v) is 3.65. The van der Waals surface area contributed by atoms with Crippen molar-refractivity contribution in [1.29, 1.82) is 0 Å². The second-order valence-electron chi connectivity index (χ2n) is 6.50. The van der Waals surface area contributed by atoms with E-state index in [1.54, 1.807) is 6.20 Å². The number of amides is 2. The number of anilines is 1. The zero-order valence-electron chi connectivity index (χ0n) is 14.0. The highest BCUT2D eigenvalue weighted by Crippen LogP contribution is 2.30. The lowest BCUT2D eigenvalue weighted by Crippen LogP contribution is -2.33. The van der Waals surface area contributed by atoms with E-state index in [0.717, 1.165) is 29.4 Å². The van der Waals surface area contributed by atoms with Crippen LogP contribution >= 0.6 is 0 Å². The minimum atomic E-state index is -0.179. The van der Waals surface area contributed by atoms with Gasteiger partial charge < -0.3 is 10.6 Å². The first kappa shape index (κ1) is 15.6. The third-order valence-electron chi connectivity index (χ3n) is 4.88. The molecule has 1 atom stereocenters. The monoisotopic (exact) mass is 331 g/mol. The van der Waals surface area contributed by atoms with E-state index < -0.39 is 0 Å². The van der Waals surface area contributed by atoms with E-state index in [0.29, 0.717) is 12.5 Å². The molecule has 126 valence electrons. The van der Waals surface area contributed by atoms with Gasteiger partial charge in [-0.05, 0) is 42.5 Å². The first-order chi connectivity index (χ1) is 12.3. The average Bonchev–Trinajstić information content (AvgIpc) is 2.66. The van der Waals surface area contributed by atoms with Crippen LogP contribution in [0.1, 0.15) is 29.9 Å². The van der Waals surface area contributed by atoms with E-state index in [9.17, 15) is 4.79 Å². The Morgan fingerprint density at radius 2 is 1.96 bits per heavy atom. The van der Waals surface area contributed by atoms with Crippen LogP contribution in [0.4, 0.5) is 10.5 Å². The van der Waals surface area contributed by atoms with Gasteiger partial charge in [0.15, 0.2) is 0 Å². The lowest BCUT2D eigenvalue weighted by Gasteiger charge is -2.25. The normalized spacial score (nSPS) is 16.2. The van der Waals surface area contributed by atoms with Gasteiger partial charge in [-0.15, -0.1) is 0 Å². The molecule has 25 heavy (non-hydrogen) atoms. The quantitative estimate of drug-likeness (QED) is 0.743. The van der Waals surface area contributed by atoms with Crippen LogP contribution in [0.2, 0.25) is 0 Å². The molecule has 0 fully saturated rings. The first-order valence-corrected chi connectivity index (χ1v) is 8.77. The van der Waals surface area contributed by atoms with Crippen molar-refractivity contribution < 1.29 is 4.79 Å². The highest BCUT2D eigenvalue weighted by atomic mass is 16.2. The zero-order valence-corrected chi connectivity index (χ0v) is 14.0. The van der Waals surface area contributed by atoms with E-state index in [1.807, 2.05) is 30.3 Å². The molecule has 2 amide bonds. The molecule has 1 aromatic heterocycles. The number of para-hydroxylation sites is 1. The lowest BCUT2D eigenvalue weighted by atomic mass is 9.83. The molecule has 4 rings (SSSR count). The third kappa shape index (κ3) is 3.33. The van der Waals surface area contributed by atoms with Gasteiger partial charge in [-0.2, -0.15) is 0 Å². The lowest BCUT2D eigenvalue weighted by molar-refractivity contribution is 0.251. The predicted octanol–water partition coefficient (Wildman–Crippen LogP) is 4.48. The van der Waals surface area contributed by atoms with Crippen molar-refractivity contribution >= 4 is 22.6 Å². The number of carbonyl (C=O) groups is 1. The summed E-state index contributed by atoms with van der Waals surface area (Å²) in [5.41, 5.74) is 4.34. The van der Waals surface area contributed by atoms with Crippen LogP contribution in [-0.4, -0.2) is 17.6 Å². The number of pyridine rings is 1. The van der Waals surface area contributed by atoms with Crippen LogP contribution < -0.4 is 10.6 Å². The first-order valence-electron chi connectivity index (χ1n) is 8.77. The van der Waals surface area contributed by atoms with Gasteiger partial charge in [-0.1, -0.05) is 42.5 Å². The molecular formula is C21H21N3O. The number of carbonyl (C=O) groups excluding carboxylic acids is 1. The maximum absolute atomic E-state index is 12.4. The summed E-state index contributed by atoms with van der Waals surface area (Å²) in [5, 5.41) is 6.98. The number of hydrogen-bond acceptors (Lipinski definition) is 2. The van der Waals surface area contributed by atoms with Crippen LogP contribution in [-0.2, 0) is 6.42 Å². The Bertz CT molecular complexity index is 901. The van der Waals surface area contributed by atoms with E-state index >= 15 is 0 Å². The molecule has 0 aliphatic heterocycles. The van der Waals surface area contributed by atoms with Crippen molar-refractivity contribution in [2.75, 3.05) is 11.9 Å². The Morgan fingerprint density at radius 1 is 1.08 bits per heavy atom. The number of hydrogen-bond donors (Lipinski definition) is 2. The molecule has 1 aliphatic carbocycles. The van der Waals surface area contributed by atoms with Gasteiger partial charge in [0.2, 0.25) is 0 Å². The Balaban J connectivity index is 1.43. The Labute approximate surface area is 147 Å². The number of fused-ring (bicyclic) bond motifs is 2. The number of rotatable bonds is 3. The summed E-state index contributed by atoms with van der Waals surface area (Å²) < 4.78 is 0. The summed E-state index contributed by atoms with van der Waals surface area (Å²) in [4.78, 5) is 16.7. The SMILES string of the molecule is O=C(NC[C@@H]1CCCc2ccccc21)Nc1cccc2cccnc12. The molecule has 1 aliphatic rings. The summed E-state index contributed by atoms with van der Waals surface area (Å²) in [7, 11) is 0. The molecule has 0 radical (unpaired) electrons. The van der Waals surface area contributed by atoms with Gasteiger partial charge in [0.25, 0.3) is 0 Å². The summed E-state index contributed by atoms with van der Waals surface area (Å²) >= 11 is 0. The average molecular weight is 331 g/mol. The molecule has 0 saturated heterocycles. The molecular weight excluding hydrogens is 310 g/mol. The molecule has 4 heteroatoms. The van der Waals surface area contributed by atoms with Crippen molar-refractivity contribution in [2.45, 2.75) is 25.2 Å². The van der Waals surface area contributed by atoms with Crippen LogP contribution in [0.25, 0.3) is 10.9 Å².